The maximum atomic E-state index is 13.8. The molecule has 0 spiro atoms. The molecule has 210 valence electrons. The number of aromatic nitrogens is 1. The highest BCUT2D eigenvalue weighted by molar-refractivity contribution is 7.13. The summed E-state index contributed by atoms with van der Waals surface area (Å²) in [4.78, 5) is 44.2. The number of pyridine rings is 1. The Hall–Kier alpha value is -4.54. The van der Waals surface area contributed by atoms with Crippen LogP contribution in [0.5, 0.6) is 5.75 Å². The summed E-state index contributed by atoms with van der Waals surface area (Å²) in [6.45, 7) is 6.27. The van der Waals surface area contributed by atoms with Crippen LogP contribution in [0.2, 0.25) is 0 Å². The fourth-order valence-corrected chi connectivity index (χ4v) is 5.60. The minimum Gasteiger partial charge on any atom is -0.493 e. The van der Waals surface area contributed by atoms with Crippen molar-refractivity contribution in [3.8, 4) is 27.3 Å². The molecule has 0 saturated carbocycles. The zero-order valence-corrected chi connectivity index (χ0v) is 23.7. The molecule has 0 unspecified atom stereocenters. The maximum Gasteiger partial charge on any atom is 0.355 e. The molecule has 0 bridgehead atoms. The zero-order chi connectivity index (χ0) is 29.3. The number of thiophene rings is 1. The molecule has 0 aliphatic carbocycles. The summed E-state index contributed by atoms with van der Waals surface area (Å²) in [5, 5.41) is 17.8. The van der Waals surface area contributed by atoms with Gasteiger partial charge < -0.3 is 26.2 Å². The number of anilines is 1. The second-order valence-corrected chi connectivity index (χ2v) is 11.6. The van der Waals surface area contributed by atoms with Gasteiger partial charge >= 0.3 is 5.97 Å². The number of hydrogen-bond acceptors (Lipinski definition) is 7. The second-order valence-electron chi connectivity index (χ2n) is 10.7. The van der Waals surface area contributed by atoms with E-state index in [2.05, 4.69) is 15.6 Å². The largest absolute Gasteiger partial charge is 0.493 e. The van der Waals surface area contributed by atoms with Crippen molar-refractivity contribution in [2.45, 2.75) is 39.3 Å². The first-order valence-electron chi connectivity index (χ1n) is 13.1. The van der Waals surface area contributed by atoms with Gasteiger partial charge in [-0.05, 0) is 79.7 Å². The van der Waals surface area contributed by atoms with E-state index >= 15 is 0 Å². The average Bonchev–Trinajstić information content (AvgIpc) is 3.33. The highest BCUT2D eigenvalue weighted by Gasteiger charge is 2.27. The van der Waals surface area contributed by atoms with Crippen LogP contribution in [0.15, 0.2) is 60.0 Å². The SMILES string of the molecule is CC(C)(C)NC(=O)c1ccc(-c2cc3c(cc2C(=O)Nc2ccc(CN)cc2)-c2sccc2CCO3)c(C(=O)O)n1. The second kappa shape index (κ2) is 11.1. The molecule has 2 aromatic heterocycles. The number of rotatable bonds is 6. The molecule has 2 aromatic carbocycles. The Kier molecular flexibility index (Phi) is 7.61. The van der Waals surface area contributed by atoms with Crippen LogP contribution < -0.4 is 21.1 Å². The smallest absolute Gasteiger partial charge is 0.355 e. The van der Waals surface area contributed by atoms with Gasteiger partial charge in [0, 0.05) is 51.3 Å². The van der Waals surface area contributed by atoms with Crippen molar-refractivity contribution in [3.05, 3.63) is 88.1 Å². The summed E-state index contributed by atoms with van der Waals surface area (Å²) in [5.41, 5.74) is 8.89. The standard InChI is InChI=1S/C31H30N4O5S/c1-31(2,3)35-29(37)24-9-8-20(26(34-24)30(38)39)21-15-25-23(27-18(10-12-40-25)11-13-41-27)14-22(21)28(36)33-19-6-4-17(16-32)5-7-19/h4-9,11,13-15H,10,12,16,32H2,1-3H3,(H,33,36)(H,35,37)(H,38,39). The van der Waals surface area contributed by atoms with Crippen molar-refractivity contribution in [2.24, 2.45) is 5.73 Å². The predicted octanol–water partition coefficient (Wildman–Crippen LogP) is 5.35. The first-order chi connectivity index (χ1) is 19.5. The van der Waals surface area contributed by atoms with Crippen molar-refractivity contribution in [1.29, 1.82) is 0 Å². The van der Waals surface area contributed by atoms with E-state index in [4.69, 9.17) is 10.5 Å². The average molecular weight is 571 g/mol. The fraction of sp³-hybridized carbons (Fsp3) is 0.226. The van der Waals surface area contributed by atoms with Gasteiger partial charge in [0.05, 0.1) is 6.61 Å². The summed E-state index contributed by atoms with van der Waals surface area (Å²) in [7, 11) is 0. The van der Waals surface area contributed by atoms with Crippen molar-refractivity contribution in [1.82, 2.24) is 10.3 Å². The molecule has 5 N–H and O–H groups in total. The molecular formula is C31H30N4O5S. The quantitative estimate of drug-likeness (QED) is 0.245. The van der Waals surface area contributed by atoms with Crippen LogP contribution in [0.1, 0.15) is 63.2 Å². The van der Waals surface area contributed by atoms with Crippen molar-refractivity contribution in [3.63, 3.8) is 0 Å². The molecule has 41 heavy (non-hydrogen) atoms. The summed E-state index contributed by atoms with van der Waals surface area (Å²) >= 11 is 1.55. The van der Waals surface area contributed by atoms with E-state index in [-0.39, 0.29) is 22.5 Å². The molecule has 4 aromatic rings. The lowest BCUT2D eigenvalue weighted by atomic mass is 9.93. The molecule has 1 aliphatic rings. The number of benzene rings is 2. The van der Waals surface area contributed by atoms with Gasteiger partial charge in [0.2, 0.25) is 0 Å². The topological polar surface area (TPSA) is 144 Å². The highest BCUT2D eigenvalue weighted by Crippen LogP contribution is 2.43. The number of hydrogen-bond donors (Lipinski definition) is 4. The first kappa shape index (κ1) is 28.0. The van der Waals surface area contributed by atoms with Gasteiger partial charge in [0.1, 0.15) is 11.4 Å². The third-order valence-electron chi connectivity index (χ3n) is 6.54. The number of nitrogens with one attached hydrogen (secondary N) is 2. The summed E-state index contributed by atoms with van der Waals surface area (Å²) in [6.07, 6.45) is 0.706. The van der Waals surface area contributed by atoms with Gasteiger partial charge in [-0.1, -0.05) is 12.1 Å². The van der Waals surface area contributed by atoms with Crippen molar-refractivity contribution in [2.75, 3.05) is 11.9 Å². The number of amides is 2. The Morgan fingerprint density at radius 1 is 1.00 bits per heavy atom. The van der Waals surface area contributed by atoms with Crippen LogP contribution in [0.4, 0.5) is 5.69 Å². The molecule has 3 heterocycles. The lowest BCUT2D eigenvalue weighted by Gasteiger charge is -2.20. The summed E-state index contributed by atoms with van der Waals surface area (Å²) < 4.78 is 6.08. The lowest BCUT2D eigenvalue weighted by molar-refractivity contribution is 0.0691. The van der Waals surface area contributed by atoms with E-state index < -0.39 is 23.3 Å². The molecule has 10 heteroatoms. The van der Waals surface area contributed by atoms with Crippen LogP contribution in [0.3, 0.4) is 0 Å². The van der Waals surface area contributed by atoms with Gasteiger partial charge in [-0.2, -0.15) is 0 Å². The van der Waals surface area contributed by atoms with Crippen LogP contribution in [0, 0.1) is 0 Å². The number of nitrogens with zero attached hydrogens (tertiary/aromatic N) is 1. The van der Waals surface area contributed by atoms with Crippen LogP contribution >= 0.6 is 11.3 Å². The maximum absolute atomic E-state index is 13.8. The summed E-state index contributed by atoms with van der Waals surface area (Å²) in [6, 6.07) is 15.6. The fourth-order valence-electron chi connectivity index (χ4n) is 4.62. The Bertz CT molecular complexity index is 1650. The van der Waals surface area contributed by atoms with Gasteiger partial charge in [0.15, 0.2) is 5.69 Å². The van der Waals surface area contributed by atoms with Gasteiger partial charge in [-0.3, -0.25) is 9.59 Å². The molecule has 2 amide bonds. The van der Waals surface area contributed by atoms with Gasteiger partial charge in [0.25, 0.3) is 11.8 Å². The van der Waals surface area contributed by atoms with E-state index in [9.17, 15) is 19.5 Å². The number of ether oxygens (including phenoxy) is 1. The molecule has 9 nitrogen and oxygen atoms in total. The molecule has 0 atom stereocenters. The minimum absolute atomic E-state index is 0.0405. The molecule has 0 radical (unpaired) electrons. The van der Waals surface area contributed by atoms with E-state index in [0.29, 0.717) is 36.6 Å². The monoisotopic (exact) mass is 570 g/mol. The Morgan fingerprint density at radius 2 is 1.76 bits per heavy atom. The number of carboxylic acid groups (broad SMARTS) is 1. The van der Waals surface area contributed by atoms with Crippen LogP contribution in [-0.4, -0.2) is 40.0 Å². The third kappa shape index (κ3) is 5.98. The molecular weight excluding hydrogens is 540 g/mol. The number of carbonyl (C=O) groups excluding carboxylic acids is 2. The number of carbonyl (C=O) groups is 3. The Morgan fingerprint density at radius 3 is 2.44 bits per heavy atom. The van der Waals surface area contributed by atoms with Gasteiger partial charge in [-0.15, -0.1) is 11.3 Å². The number of fused-ring (bicyclic) bond motifs is 3. The number of carboxylic acids is 1. The summed E-state index contributed by atoms with van der Waals surface area (Å²) in [5.74, 6) is -1.72. The minimum atomic E-state index is -1.33. The zero-order valence-electron chi connectivity index (χ0n) is 22.9. The Balaban J connectivity index is 1.66. The number of aromatic carboxylic acids is 1. The van der Waals surface area contributed by atoms with Gasteiger partial charge in [-0.25, -0.2) is 9.78 Å². The van der Waals surface area contributed by atoms with Crippen molar-refractivity contribution < 1.29 is 24.2 Å². The third-order valence-corrected chi connectivity index (χ3v) is 7.53. The van der Waals surface area contributed by atoms with E-state index in [0.717, 1.165) is 21.6 Å². The normalized spacial score (nSPS) is 12.4. The molecule has 1 aliphatic heterocycles. The Labute approximate surface area is 241 Å². The van der Waals surface area contributed by atoms with Crippen molar-refractivity contribution >= 4 is 34.8 Å². The molecule has 0 fully saturated rings. The van der Waals surface area contributed by atoms with E-state index in [1.54, 1.807) is 35.6 Å². The molecule has 5 rings (SSSR count). The highest BCUT2D eigenvalue weighted by atomic mass is 32.1. The van der Waals surface area contributed by atoms with Crippen LogP contribution in [-0.2, 0) is 13.0 Å². The van der Waals surface area contributed by atoms with Crippen LogP contribution in [0.25, 0.3) is 21.6 Å². The first-order valence-corrected chi connectivity index (χ1v) is 14.0. The lowest BCUT2D eigenvalue weighted by Crippen LogP contribution is -2.41. The van der Waals surface area contributed by atoms with E-state index in [1.165, 1.54) is 12.1 Å². The predicted molar refractivity (Wildman–Crippen MR) is 159 cm³/mol. The molecule has 0 saturated heterocycles. The number of nitrogens with two attached hydrogens (primary N) is 1. The van der Waals surface area contributed by atoms with E-state index in [1.807, 2.05) is 44.4 Å².